The summed E-state index contributed by atoms with van der Waals surface area (Å²) >= 11 is 1.72. The summed E-state index contributed by atoms with van der Waals surface area (Å²) in [6.45, 7) is 6.14. The number of fused-ring (bicyclic) bond motifs is 1. The first-order valence-corrected chi connectivity index (χ1v) is 8.57. The molecule has 1 fully saturated rings. The highest BCUT2D eigenvalue weighted by atomic mass is 32.1. The fraction of sp³-hybridized carbons (Fsp3) is 0.625. The molecule has 21 heavy (non-hydrogen) atoms. The van der Waals surface area contributed by atoms with Crippen LogP contribution in [0.1, 0.15) is 41.9 Å². The Labute approximate surface area is 130 Å². The third-order valence-electron chi connectivity index (χ3n) is 4.56. The molecular weight excluding hydrogens is 280 g/mol. The standard InChI is InChI=1S/C16H24N4S/c1-10-11(2)21-16-14(10)15(17)18-13(19-16)9-20(3)8-12-6-4-5-7-12/h12H,4-9H2,1-3H3,(H2,17,18,19). The van der Waals surface area contributed by atoms with Gasteiger partial charge in [-0.15, -0.1) is 11.3 Å². The molecular formula is C16H24N4S. The average Bonchev–Trinajstić information content (AvgIpc) is 2.99. The number of rotatable bonds is 4. The lowest BCUT2D eigenvalue weighted by molar-refractivity contribution is 0.266. The van der Waals surface area contributed by atoms with Gasteiger partial charge in [-0.25, -0.2) is 9.97 Å². The minimum absolute atomic E-state index is 0.631. The predicted molar refractivity (Wildman–Crippen MR) is 89.6 cm³/mol. The topological polar surface area (TPSA) is 55.0 Å². The number of aromatic nitrogens is 2. The molecule has 2 N–H and O–H groups in total. The number of aryl methyl sites for hydroxylation is 2. The fourth-order valence-electron chi connectivity index (χ4n) is 3.34. The number of thiophene rings is 1. The van der Waals surface area contributed by atoms with Crippen LogP contribution in [0.3, 0.4) is 0 Å². The number of nitrogen functional groups attached to an aromatic ring is 1. The zero-order valence-electron chi connectivity index (χ0n) is 13.1. The van der Waals surface area contributed by atoms with Crippen LogP contribution in [-0.4, -0.2) is 28.5 Å². The molecule has 1 aliphatic carbocycles. The summed E-state index contributed by atoms with van der Waals surface area (Å²) in [5.74, 6) is 2.33. The Bertz CT molecular complexity index is 643. The molecule has 0 atom stereocenters. The van der Waals surface area contributed by atoms with Crippen molar-refractivity contribution in [1.82, 2.24) is 14.9 Å². The van der Waals surface area contributed by atoms with Crippen molar-refractivity contribution in [3.63, 3.8) is 0 Å². The Hall–Kier alpha value is -1.20. The highest BCUT2D eigenvalue weighted by Gasteiger charge is 2.18. The predicted octanol–water partition coefficient (Wildman–Crippen LogP) is 3.51. The van der Waals surface area contributed by atoms with Crippen molar-refractivity contribution in [3.8, 4) is 0 Å². The molecule has 0 aliphatic heterocycles. The molecule has 3 rings (SSSR count). The van der Waals surface area contributed by atoms with Gasteiger partial charge in [-0.05, 0) is 45.2 Å². The molecule has 1 saturated carbocycles. The molecule has 0 bridgehead atoms. The van der Waals surface area contributed by atoms with E-state index in [0.29, 0.717) is 5.82 Å². The quantitative estimate of drug-likeness (QED) is 0.939. The van der Waals surface area contributed by atoms with Crippen LogP contribution in [0.2, 0.25) is 0 Å². The largest absolute Gasteiger partial charge is 0.383 e. The third-order valence-corrected chi connectivity index (χ3v) is 5.66. The van der Waals surface area contributed by atoms with E-state index >= 15 is 0 Å². The van der Waals surface area contributed by atoms with Crippen molar-refractivity contribution in [2.24, 2.45) is 5.92 Å². The Morgan fingerprint density at radius 3 is 2.67 bits per heavy atom. The van der Waals surface area contributed by atoms with Gasteiger partial charge in [-0.1, -0.05) is 12.8 Å². The number of nitrogens with zero attached hydrogens (tertiary/aromatic N) is 3. The molecule has 0 saturated heterocycles. The lowest BCUT2D eigenvalue weighted by Gasteiger charge is -2.20. The second-order valence-corrected chi connectivity index (χ2v) is 7.54. The zero-order chi connectivity index (χ0) is 15.0. The zero-order valence-corrected chi connectivity index (χ0v) is 14.0. The molecule has 2 aromatic rings. The van der Waals surface area contributed by atoms with Crippen LogP contribution in [0.25, 0.3) is 10.2 Å². The van der Waals surface area contributed by atoms with Crippen LogP contribution < -0.4 is 5.73 Å². The third kappa shape index (κ3) is 3.04. The summed E-state index contributed by atoms with van der Waals surface area (Å²) in [6.07, 6.45) is 5.52. The molecule has 0 amide bonds. The molecule has 0 aromatic carbocycles. The fourth-order valence-corrected chi connectivity index (χ4v) is 4.39. The SMILES string of the molecule is Cc1sc2nc(CN(C)CC3CCCC3)nc(N)c2c1C. The van der Waals surface area contributed by atoms with Gasteiger partial charge in [-0.2, -0.15) is 0 Å². The van der Waals surface area contributed by atoms with Crippen molar-refractivity contribution < 1.29 is 0 Å². The van der Waals surface area contributed by atoms with Crippen LogP contribution in [0, 0.1) is 19.8 Å². The minimum atomic E-state index is 0.631. The first-order chi connectivity index (χ1) is 10.0. The molecule has 0 unspecified atom stereocenters. The molecule has 1 aliphatic rings. The van der Waals surface area contributed by atoms with E-state index in [9.17, 15) is 0 Å². The van der Waals surface area contributed by atoms with Gasteiger partial charge >= 0.3 is 0 Å². The maximum absolute atomic E-state index is 6.15. The Morgan fingerprint density at radius 1 is 1.24 bits per heavy atom. The van der Waals surface area contributed by atoms with Crippen LogP contribution >= 0.6 is 11.3 Å². The van der Waals surface area contributed by atoms with Crippen LogP contribution in [0.4, 0.5) is 5.82 Å². The van der Waals surface area contributed by atoms with Crippen LogP contribution in [0.5, 0.6) is 0 Å². The van der Waals surface area contributed by atoms with Crippen molar-refractivity contribution in [3.05, 3.63) is 16.3 Å². The van der Waals surface area contributed by atoms with Crippen molar-refractivity contribution in [1.29, 1.82) is 0 Å². The summed E-state index contributed by atoms with van der Waals surface area (Å²) in [6, 6.07) is 0. The second-order valence-electron chi connectivity index (χ2n) is 6.34. The van der Waals surface area contributed by atoms with Gasteiger partial charge in [0.05, 0.1) is 11.9 Å². The highest BCUT2D eigenvalue weighted by Crippen LogP contribution is 2.32. The van der Waals surface area contributed by atoms with Gasteiger partial charge in [0.25, 0.3) is 0 Å². The summed E-state index contributed by atoms with van der Waals surface area (Å²) in [7, 11) is 2.16. The van der Waals surface area contributed by atoms with E-state index in [0.717, 1.165) is 35.0 Å². The van der Waals surface area contributed by atoms with Gasteiger partial charge in [0.1, 0.15) is 16.5 Å². The lowest BCUT2D eigenvalue weighted by atomic mass is 10.1. The summed E-state index contributed by atoms with van der Waals surface area (Å²) < 4.78 is 0. The van der Waals surface area contributed by atoms with E-state index in [2.05, 4.69) is 30.8 Å². The number of anilines is 1. The summed E-state index contributed by atoms with van der Waals surface area (Å²) in [4.78, 5) is 13.9. The van der Waals surface area contributed by atoms with Crippen molar-refractivity contribution in [2.75, 3.05) is 19.3 Å². The molecule has 114 valence electrons. The number of hydrogen-bond acceptors (Lipinski definition) is 5. The van der Waals surface area contributed by atoms with Gasteiger partial charge in [0.2, 0.25) is 0 Å². The van der Waals surface area contributed by atoms with E-state index in [1.807, 2.05) is 0 Å². The normalized spacial score (nSPS) is 16.4. The molecule has 0 spiro atoms. The van der Waals surface area contributed by atoms with Crippen LogP contribution in [0.15, 0.2) is 0 Å². The van der Waals surface area contributed by atoms with Crippen molar-refractivity contribution >= 4 is 27.4 Å². The smallest absolute Gasteiger partial charge is 0.146 e. The van der Waals surface area contributed by atoms with Gasteiger partial charge in [0, 0.05) is 11.4 Å². The second kappa shape index (κ2) is 5.89. The van der Waals surface area contributed by atoms with E-state index in [1.54, 1.807) is 11.3 Å². The van der Waals surface area contributed by atoms with E-state index in [4.69, 9.17) is 10.7 Å². The number of nitrogens with two attached hydrogens (primary N) is 1. The van der Waals surface area contributed by atoms with Crippen LogP contribution in [-0.2, 0) is 6.54 Å². The minimum Gasteiger partial charge on any atom is -0.383 e. The Kier molecular flexibility index (Phi) is 4.13. The summed E-state index contributed by atoms with van der Waals surface area (Å²) in [5, 5.41) is 1.04. The van der Waals surface area contributed by atoms with Gasteiger partial charge in [0.15, 0.2) is 0 Å². The maximum atomic E-state index is 6.15. The Morgan fingerprint density at radius 2 is 1.95 bits per heavy atom. The highest BCUT2D eigenvalue weighted by molar-refractivity contribution is 7.18. The molecule has 2 aromatic heterocycles. The molecule has 5 heteroatoms. The van der Waals surface area contributed by atoms with E-state index < -0.39 is 0 Å². The van der Waals surface area contributed by atoms with Gasteiger partial charge in [-0.3, -0.25) is 4.90 Å². The first-order valence-electron chi connectivity index (χ1n) is 7.75. The monoisotopic (exact) mass is 304 g/mol. The molecule has 0 radical (unpaired) electrons. The molecule has 2 heterocycles. The number of hydrogen-bond donors (Lipinski definition) is 1. The lowest BCUT2D eigenvalue weighted by Crippen LogP contribution is -2.25. The van der Waals surface area contributed by atoms with E-state index in [1.165, 1.54) is 36.1 Å². The molecule has 4 nitrogen and oxygen atoms in total. The Balaban J connectivity index is 1.77. The summed E-state index contributed by atoms with van der Waals surface area (Å²) in [5.41, 5.74) is 7.37. The first kappa shape index (κ1) is 14.7. The average molecular weight is 304 g/mol. The van der Waals surface area contributed by atoms with Gasteiger partial charge < -0.3 is 5.73 Å². The van der Waals surface area contributed by atoms with E-state index in [-0.39, 0.29) is 0 Å². The maximum Gasteiger partial charge on any atom is 0.146 e. The van der Waals surface area contributed by atoms with Crippen molar-refractivity contribution in [2.45, 2.75) is 46.1 Å².